The largest absolute Gasteiger partial charge is 0.507 e. The molecule has 1 aliphatic heterocycles. The molecule has 1 aliphatic carbocycles. The van der Waals surface area contributed by atoms with Crippen LogP contribution in [0.1, 0.15) is 37.0 Å². The van der Waals surface area contributed by atoms with Crippen LogP contribution in [0, 0.1) is 0 Å². The highest BCUT2D eigenvalue weighted by molar-refractivity contribution is 6.30. The van der Waals surface area contributed by atoms with Crippen LogP contribution in [0.2, 0.25) is 5.02 Å². The second-order valence-corrected chi connectivity index (χ2v) is 6.54. The maximum absolute atomic E-state index is 10.2. The molecule has 1 fully saturated rings. The number of phenols is 1. The van der Waals surface area contributed by atoms with Gasteiger partial charge < -0.3 is 15.6 Å². The molecule has 0 bridgehead atoms. The number of phenolic OH excluding ortho intramolecular Hbond substituents is 1. The minimum absolute atomic E-state index is 0.0846. The molecule has 0 amide bonds. The Morgan fingerprint density at radius 3 is 2.82 bits per heavy atom. The molecule has 2 aromatic rings. The van der Waals surface area contributed by atoms with Crippen LogP contribution in [0.5, 0.6) is 5.75 Å². The van der Waals surface area contributed by atoms with Crippen molar-refractivity contribution in [3.05, 3.63) is 34.3 Å². The third kappa shape index (κ3) is 2.04. The van der Waals surface area contributed by atoms with Gasteiger partial charge in [0.15, 0.2) is 5.82 Å². The Hall–Kier alpha value is -1.85. The molecule has 6 heteroatoms. The zero-order chi connectivity index (χ0) is 15.5. The Balaban J connectivity index is 1.93. The fraction of sp³-hybridized carbons (Fsp3) is 0.375. The summed E-state index contributed by atoms with van der Waals surface area (Å²) in [6.45, 7) is 1.99. The van der Waals surface area contributed by atoms with Gasteiger partial charge in [0.05, 0.1) is 11.7 Å². The van der Waals surface area contributed by atoms with E-state index in [1.807, 2.05) is 6.92 Å². The number of nitrogens with zero attached hydrogens (tertiary/aromatic N) is 2. The van der Waals surface area contributed by atoms with Gasteiger partial charge in [-0.05, 0) is 43.5 Å². The van der Waals surface area contributed by atoms with Crippen molar-refractivity contribution >= 4 is 17.4 Å². The van der Waals surface area contributed by atoms with Crippen molar-refractivity contribution in [1.82, 2.24) is 10.2 Å². The van der Waals surface area contributed by atoms with Gasteiger partial charge in [-0.2, -0.15) is 0 Å². The maximum atomic E-state index is 10.2. The standard InChI is InChI=1S/C16H16ClN3O2/c1-8-13-11(7-16(22-8)4-5-16)14(19-20-15(13)18)10-3-2-9(17)6-12(10)21/h2-3,6,8,21H,4-5,7H2,1H3,(H2,18,20). The number of nitrogen functional groups attached to an aromatic ring is 1. The second kappa shape index (κ2) is 4.57. The van der Waals surface area contributed by atoms with E-state index < -0.39 is 0 Å². The molecule has 1 unspecified atom stereocenters. The minimum atomic E-state index is -0.116. The SMILES string of the molecule is CC1OC2(CC2)Cc2c(-c3ccc(Cl)cc3O)nnc(N)c21. The molecule has 1 aromatic carbocycles. The molecule has 1 saturated carbocycles. The van der Waals surface area contributed by atoms with Gasteiger partial charge in [-0.15, -0.1) is 10.2 Å². The van der Waals surface area contributed by atoms with Crippen LogP contribution in [-0.4, -0.2) is 20.9 Å². The first kappa shape index (κ1) is 13.8. The van der Waals surface area contributed by atoms with E-state index in [4.69, 9.17) is 22.1 Å². The fourth-order valence-corrected chi connectivity index (χ4v) is 3.45. The smallest absolute Gasteiger partial charge is 0.152 e. The number of hydrogen-bond acceptors (Lipinski definition) is 5. The number of aromatic nitrogens is 2. The predicted molar refractivity (Wildman–Crippen MR) is 83.7 cm³/mol. The van der Waals surface area contributed by atoms with Gasteiger partial charge in [0.1, 0.15) is 11.4 Å². The molecule has 2 heterocycles. The Kier molecular flexibility index (Phi) is 2.86. The number of halogens is 1. The Labute approximate surface area is 133 Å². The zero-order valence-electron chi connectivity index (χ0n) is 12.1. The summed E-state index contributed by atoms with van der Waals surface area (Å²) in [4.78, 5) is 0. The Bertz CT molecular complexity index is 774. The number of hydrogen-bond donors (Lipinski definition) is 2. The van der Waals surface area contributed by atoms with Gasteiger partial charge in [-0.25, -0.2) is 0 Å². The van der Waals surface area contributed by atoms with Crippen LogP contribution in [-0.2, 0) is 11.2 Å². The normalized spacial score (nSPS) is 21.6. The van der Waals surface area contributed by atoms with E-state index in [2.05, 4.69) is 10.2 Å². The number of nitrogens with two attached hydrogens (primary N) is 1. The summed E-state index contributed by atoms with van der Waals surface area (Å²) in [6, 6.07) is 5.01. The predicted octanol–water partition coefficient (Wildman–Crippen LogP) is 3.25. The van der Waals surface area contributed by atoms with Gasteiger partial charge >= 0.3 is 0 Å². The first-order valence-electron chi connectivity index (χ1n) is 7.31. The number of benzene rings is 1. The van der Waals surface area contributed by atoms with Crippen LogP contribution >= 0.6 is 11.6 Å². The monoisotopic (exact) mass is 317 g/mol. The van der Waals surface area contributed by atoms with Crippen molar-refractivity contribution in [2.45, 2.75) is 37.9 Å². The van der Waals surface area contributed by atoms with Crippen molar-refractivity contribution in [3.63, 3.8) is 0 Å². The van der Waals surface area contributed by atoms with E-state index in [9.17, 15) is 5.11 Å². The summed E-state index contributed by atoms with van der Waals surface area (Å²) in [5.74, 6) is 0.493. The van der Waals surface area contributed by atoms with Crippen molar-refractivity contribution in [1.29, 1.82) is 0 Å². The van der Waals surface area contributed by atoms with Crippen LogP contribution < -0.4 is 5.73 Å². The van der Waals surface area contributed by atoms with Gasteiger partial charge in [0.2, 0.25) is 0 Å². The van der Waals surface area contributed by atoms with Gasteiger partial charge in [-0.3, -0.25) is 0 Å². The number of rotatable bonds is 1. The number of anilines is 1. The van der Waals surface area contributed by atoms with Crippen molar-refractivity contribution in [3.8, 4) is 17.0 Å². The lowest BCUT2D eigenvalue weighted by Gasteiger charge is -2.32. The van der Waals surface area contributed by atoms with Crippen molar-refractivity contribution < 1.29 is 9.84 Å². The maximum Gasteiger partial charge on any atom is 0.152 e. The average Bonchev–Trinajstić information content (AvgIpc) is 3.18. The first-order valence-corrected chi connectivity index (χ1v) is 7.68. The van der Waals surface area contributed by atoms with Gasteiger partial charge in [-0.1, -0.05) is 11.6 Å². The third-order valence-corrected chi connectivity index (χ3v) is 4.73. The van der Waals surface area contributed by atoms with E-state index >= 15 is 0 Å². The fourth-order valence-electron chi connectivity index (χ4n) is 3.29. The summed E-state index contributed by atoms with van der Waals surface area (Å²) >= 11 is 5.92. The molecule has 22 heavy (non-hydrogen) atoms. The molecular formula is C16H16ClN3O2. The summed E-state index contributed by atoms with van der Waals surface area (Å²) in [5.41, 5.74) is 9.13. The lowest BCUT2D eigenvalue weighted by molar-refractivity contribution is -0.0338. The van der Waals surface area contributed by atoms with Gasteiger partial charge in [0, 0.05) is 22.6 Å². The molecule has 2 aliphatic rings. The summed E-state index contributed by atoms with van der Waals surface area (Å²) in [5, 5.41) is 19.0. The second-order valence-electron chi connectivity index (χ2n) is 6.11. The summed E-state index contributed by atoms with van der Waals surface area (Å²) < 4.78 is 6.10. The Morgan fingerprint density at radius 1 is 1.36 bits per heavy atom. The molecular weight excluding hydrogens is 302 g/mol. The summed E-state index contributed by atoms with van der Waals surface area (Å²) in [6.07, 6.45) is 2.73. The third-order valence-electron chi connectivity index (χ3n) is 4.50. The molecule has 5 nitrogen and oxygen atoms in total. The van der Waals surface area contributed by atoms with E-state index in [1.165, 1.54) is 6.07 Å². The number of ether oxygens (including phenoxy) is 1. The number of aromatic hydroxyl groups is 1. The minimum Gasteiger partial charge on any atom is -0.507 e. The molecule has 3 N–H and O–H groups in total. The lowest BCUT2D eigenvalue weighted by Crippen LogP contribution is -2.28. The quantitative estimate of drug-likeness (QED) is 0.843. The van der Waals surface area contributed by atoms with Crippen LogP contribution in [0.4, 0.5) is 5.82 Å². The molecule has 1 spiro atoms. The molecule has 1 aromatic heterocycles. The molecule has 0 saturated heterocycles. The number of fused-ring (bicyclic) bond motifs is 1. The highest BCUT2D eigenvalue weighted by Crippen LogP contribution is 2.52. The van der Waals surface area contributed by atoms with E-state index in [0.29, 0.717) is 22.1 Å². The van der Waals surface area contributed by atoms with E-state index in [-0.39, 0.29) is 17.5 Å². The van der Waals surface area contributed by atoms with E-state index in [0.717, 1.165) is 30.4 Å². The highest BCUT2D eigenvalue weighted by atomic mass is 35.5. The highest BCUT2D eigenvalue weighted by Gasteiger charge is 2.50. The van der Waals surface area contributed by atoms with Crippen molar-refractivity contribution in [2.24, 2.45) is 0 Å². The van der Waals surface area contributed by atoms with Gasteiger partial charge in [0.25, 0.3) is 0 Å². The Morgan fingerprint density at radius 2 is 2.14 bits per heavy atom. The zero-order valence-corrected chi connectivity index (χ0v) is 12.9. The average molecular weight is 318 g/mol. The molecule has 0 radical (unpaired) electrons. The lowest BCUT2D eigenvalue weighted by atomic mass is 9.90. The van der Waals surface area contributed by atoms with Crippen LogP contribution in [0.3, 0.4) is 0 Å². The first-order chi connectivity index (χ1) is 10.5. The molecule has 4 rings (SSSR count). The molecule has 114 valence electrons. The van der Waals surface area contributed by atoms with Crippen LogP contribution in [0.25, 0.3) is 11.3 Å². The molecule has 1 atom stereocenters. The topological polar surface area (TPSA) is 81.3 Å². The van der Waals surface area contributed by atoms with Crippen LogP contribution in [0.15, 0.2) is 18.2 Å². The van der Waals surface area contributed by atoms with E-state index in [1.54, 1.807) is 12.1 Å². The van der Waals surface area contributed by atoms with Crippen molar-refractivity contribution in [2.75, 3.05) is 5.73 Å². The summed E-state index contributed by atoms with van der Waals surface area (Å²) in [7, 11) is 0.